The third kappa shape index (κ3) is 0.869. The molecule has 2 nitrogen and oxygen atoms in total. The van der Waals surface area contributed by atoms with E-state index in [9.17, 15) is 8.42 Å². The second kappa shape index (κ2) is 1.72. The number of hydrogen-bond donors (Lipinski definition) is 0. The minimum atomic E-state index is -2.62. The minimum absolute atomic E-state index is 0.0671. The number of hydrogen-bond acceptors (Lipinski definition) is 2. The van der Waals surface area contributed by atoms with Gasteiger partial charge in [-0.15, -0.1) is 0 Å². The van der Waals surface area contributed by atoms with E-state index in [1.54, 1.807) is 6.92 Å². The third-order valence-electron chi connectivity index (χ3n) is 1.65. The SMILES string of the molecule is CC1CCCS1(=O)=O. The predicted octanol–water partition coefficient (Wildman–Crippen LogP) is 0.584. The van der Waals surface area contributed by atoms with Gasteiger partial charge in [-0.05, 0) is 19.8 Å². The first-order valence-electron chi connectivity index (χ1n) is 2.84. The predicted molar refractivity (Wildman–Crippen MR) is 32.5 cm³/mol. The normalized spacial score (nSPS) is 35.4. The summed E-state index contributed by atoms with van der Waals surface area (Å²) in [5.74, 6) is 0.411. The Hall–Kier alpha value is -0.0500. The maximum absolute atomic E-state index is 10.8. The Bertz CT molecular complexity index is 169. The van der Waals surface area contributed by atoms with Gasteiger partial charge < -0.3 is 0 Å². The molecule has 0 N–H and O–H groups in total. The Morgan fingerprint density at radius 3 is 2.25 bits per heavy atom. The van der Waals surface area contributed by atoms with Gasteiger partial charge in [-0.25, -0.2) is 8.42 Å². The molecule has 1 saturated heterocycles. The summed E-state index contributed by atoms with van der Waals surface area (Å²) in [6.07, 6.45) is 1.73. The van der Waals surface area contributed by atoms with Gasteiger partial charge in [-0.2, -0.15) is 0 Å². The largest absolute Gasteiger partial charge is 0.229 e. The summed E-state index contributed by atoms with van der Waals surface area (Å²) < 4.78 is 21.5. The van der Waals surface area contributed by atoms with Crippen LogP contribution in [0.1, 0.15) is 19.8 Å². The second-order valence-electron chi connectivity index (χ2n) is 2.32. The summed E-state index contributed by atoms with van der Waals surface area (Å²) in [6.45, 7) is 1.78. The van der Waals surface area contributed by atoms with Crippen LogP contribution in [-0.4, -0.2) is 19.4 Å². The van der Waals surface area contributed by atoms with E-state index in [1.165, 1.54) is 0 Å². The molecular formula is C5H10O2S. The third-order valence-corrected chi connectivity index (χ3v) is 3.97. The number of sulfone groups is 1. The molecule has 0 aliphatic carbocycles. The topological polar surface area (TPSA) is 34.1 Å². The molecule has 0 saturated carbocycles. The first kappa shape index (κ1) is 6.08. The van der Waals surface area contributed by atoms with E-state index >= 15 is 0 Å². The van der Waals surface area contributed by atoms with Crippen molar-refractivity contribution in [3.63, 3.8) is 0 Å². The molecule has 1 heterocycles. The van der Waals surface area contributed by atoms with Crippen molar-refractivity contribution in [1.29, 1.82) is 0 Å². The average Bonchev–Trinajstić information content (AvgIpc) is 1.86. The van der Waals surface area contributed by atoms with E-state index in [1.807, 2.05) is 0 Å². The molecule has 0 bridgehead atoms. The van der Waals surface area contributed by atoms with Crippen molar-refractivity contribution >= 4 is 9.84 Å². The fourth-order valence-electron chi connectivity index (χ4n) is 0.953. The van der Waals surface area contributed by atoms with Gasteiger partial charge in [-0.3, -0.25) is 0 Å². The van der Waals surface area contributed by atoms with Crippen LogP contribution in [0.2, 0.25) is 0 Å². The molecule has 0 spiro atoms. The zero-order valence-corrected chi connectivity index (χ0v) is 5.74. The number of rotatable bonds is 0. The van der Waals surface area contributed by atoms with Crippen LogP contribution in [0, 0.1) is 0 Å². The molecule has 48 valence electrons. The molecule has 0 aromatic carbocycles. The molecule has 0 radical (unpaired) electrons. The van der Waals surface area contributed by atoms with Crippen LogP contribution in [0.4, 0.5) is 0 Å². The van der Waals surface area contributed by atoms with Crippen molar-refractivity contribution in [2.45, 2.75) is 25.0 Å². The lowest BCUT2D eigenvalue weighted by atomic mass is 10.3. The highest BCUT2D eigenvalue weighted by atomic mass is 32.2. The molecule has 1 unspecified atom stereocenters. The Morgan fingerprint density at radius 2 is 2.12 bits per heavy atom. The monoisotopic (exact) mass is 134 g/mol. The lowest BCUT2D eigenvalue weighted by molar-refractivity contribution is 0.593. The van der Waals surface area contributed by atoms with Crippen molar-refractivity contribution in [1.82, 2.24) is 0 Å². The van der Waals surface area contributed by atoms with Gasteiger partial charge in [0, 0.05) is 0 Å². The van der Waals surface area contributed by atoms with Gasteiger partial charge in [0.15, 0.2) is 9.84 Å². The molecule has 1 aliphatic rings. The fraction of sp³-hybridized carbons (Fsp3) is 1.00. The highest BCUT2D eigenvalue weighted by Gasteiger charge is 2.26. The highest BCUT2D eigenvalue weighted by molar-refractivity contribution is 7.92. The standard InChI is InChI=1S/C5H10O2S/c1-5-3-2-4-8(5,6)7/h5H,2-4H2,1H3. The molecule has 1 aliphatic heterocycles. The van der Waals surface area contributed by atoms with Crippen LogP contribution in [0.5, 0.6) is 0 Å². The summed E-state index contributed by atoms with van der Waals surface area (Å²) in [5.41, 5.74) is 0. The Labute approximate surface area is 49.8 Å². The average molecular weight is 134 g/mol. The minimum Gasteiger partial charge on any atom is -0.229 e. The zero-order valence-electron chi connectivity index (χ0n) is 4.92. The van der Waals surface area contributed by atoms with E-state index in [0.29, 0.717) is 5.75 Å². The maximum atomic E-state index is 10.8. The van der Waals surface area contributed by atoms with E-state index in [-0.39, 0.29) is 5.25 Å². The van der Waals surface area contributed by atoms with Gasteiger partial charge in [0.1, 0.15) is 0 Å². The van der Waals surface area contributed by atoms with Gasteiger partial charge in [0.05, 0.1) is 11.0 Å². The lowest BCUT2D eigenvalue weighted by Crippen LogP contribution is -2.10. The Kier molecular flexibility index (Phi) is 1.31. The fourth-order valence-corrected chi connectivity index (χ4v) is 2.45. The quantitative estimate of drug-likeness (QED) is 0.485. The van der Waals surface area contributed by atoms with Gasteiger partial charge >= 0.3 is 0 Å². The van der Waals surface area contributed by atoms with Crippen molar-refractivity contribution in [2.24, 2.45) is 0 Å². The van der Waals surface area contributed by atoms with Gasteiger partial charge in [0.25, 0.3) is 0 Å². The molecule has 0 aromatic heterocycles. The van der Waals surface area contributed by atoms with E-state index in [4.69, 9.17) is 0 Å². The summed E-state index contributed by atoms with van der Waals surface area (Å²) in [7, 11) is -2.62. The summed E-state index contributed by atoms with van der Waals surface area (Å²) in [6, 6.07) is 0. The first-order chi connectivity index (χ1) is 3.63. The van der Waals surface area contributed by atoms with Crippen LogP contribution < -0.4 is 0 Å². The van der Waals surface area contributed by atoms with Crippen LogP contribution in [0.15, 0.2) is 0 Å². The second-order valence-corrected chi connectivity index (χ2v) is 4.86. The van der Waals surface area contributed by atoms with Crippen molar-refractivity contribution in [3.05, 3.63) is 0 Å². The first-order valence-corrected chi connectivity index (χ1v) is 4.56. The van der Waals surface area contributed by atoms with Crippen LogP contribution >= 0.6 is 0 Å². The molecule has 1 rings (SSSR count). The van der Waals surface area contributed by atoms with Crippen LogP contribution in [-0.2, 0) is 9.84 Å². The van der Waals surface area contributed by atoms with Crippen molar-refractivity contribution < 1.29 is 8.42 Å². The Morgan fingerprint density at radius 1 is 1.50 bits per heavy atom. The Balaban J connectivity index is 2.85. The van der Waals surface area contributed by atoms with Crippen LogP contribution in [0.3, 0.4) is 0 Å². The van der Waals surface area contributed by atoms with Crippen LogP contribution in [0.25, 0.3) is 0 Å². The molecule has 0 aromatic rings. The summed E-state index contributed by atoms with van der Waals surface area (Å²) >= 11 is 0. The zero-order chi connectivity index (χ0) is 6.20. The smallest absolute Gasteiger partial charge is 0.152 e. The molecule has 8 heavy (non-hydrogen) atoms. The molecule has 0 amide bonds. The lowest BCUT2D eigenvalue weighted by Gasteiger charge is -1.96. The van der Waals surface area contributed by atoms with Crippen molar-refractivity contribution in [2.75, 3.05) is 5.75 Å². The maximum Gasteiger partial charge on any atom is 0.152 e. The molecule has 3 heteroatoms. The van der Waals surface area contributed by atoms with E-state index in [0.717, 1.165) is 12.8 Å². The van der Waals surface area contributed by atoms with E-state index in [2.05, 4.69) is 0 Å². The summed E-state index contributed by atoms with van der Waals surface area (Å²) in [5, 5.41) is -0.0671. The highest BCUT2D eigenvalue weighted by Crippen LogP contribution is 2.18. The van der Waals surface area contributed by atoms with E-state index < -0.39 is 9.84 Å². The van der Waals surface area contributed by atoms with Crippen molar-refractivity contribution in [3.8, 4) is 0 Å². The van der Waals surface area contributed by atoms with Gasteiger partial charge in [-0.1, -0.05) is 0 Å². The molecule has 1 fully saturated rings. The molecular weight excluding hydrogens is 124 g/mol. The molecule has 1 atom stereocenters. The van der Waals surface area contributed by atoms with Gasteiger partial charge in [0.2, 0.25) is 0 Å². The summed E-state index contributed by atoms with van der Waals surface area (Å²) in [4.78, 5) is 0.